The van der Waals surface area contributed by atoms with Crippen LogP contribution in [0.1, 0.15) is 18.9 Å². The molecule has 9 heteroatoms. The Balaban J connectivity index is 2.01. The zero-order valence-corrected chi connectivity index (χ0v) is 16.2. The maximum absolute atomic E-state index is 12.1. The van der Waals surface area contributed by atoms with Crippen LogP contribution in [0.5, 0.6) is 0 Å². The van der Waals surface area contributed by atoms with E-state index in [4.69, 9.17) is 23.2 Å². The van der Waals surface area contributed by atoms with E-state index in [0.717, 1.165) is 0 Å². The summed E-state index contributed by atoms with van der Waals surface area (Å²) in [6.07, 6.45) is 0.511. The largest absolute Gasteiger partial charge is 0.272 e. The van der Waals surface area contributed by atoms with Crippen molar-refractivity contribution in [1.82, 2.24) is 10.1 Å². The number of hydrogen-bond donors (Lipinski definition) is 2. The number of nitrogens with zero attached hydrogens (tertiary/aromatic N) is 1. The number of nitrogens with one attached hydrogen (secondary N) is 2. The quantitative estimate of drug-likeness (QED) is 0.539. The van der Waals surface area contributed by atoms with Gasteiger partial charge in [-0.05, 0) is 30.7 Å². The topological polar surface area (TPSA) is 87.6 Å². The van der Waals surface area contributed by atoms with Crippen molar-refractivity contribution in [2.24, 2.45) is 5.10 Å². The SMILES string of the molecule is CC/C(=N/NC(=O)CNS(=O)(=O)c1ccccc1)c1ccc(Cl)cc1Cl. The molecule has 0 aliphatic carbocycles. The van der Waals surface area contributed by atoms with Gasteiger partial charge in [0.25, 0.3) is 5.91 Å². The lowest BCUT2D eigenvalue weighted by molar-refractivity contribution is -0.119. The Labute approximate surface area is 162 Å². The Kier molecular flexibility index (Phi) is 7.16. The highest BCUT2D eigenvalue weighted by Gasteiger charge is 2.15. The van der Waals surface area contributed by atoms with E-state index in [-0.39, 0.29) is 4.90 Å². The highest BCUT2D eigenvalue weighted by molar-refractivity contribution is 7.89. The van der Waals surface area contributed by atoms with Gasteiger partial charge in [0.2, 0.25) is 10.0 Å². The number of benzene rings is 2. The molecule has 0 saturated heterocycles. The number of sulfonamides is 1. The predicted molar refractivity (Wildman–Crippen MR) is 103 cm³/mol. The van der Waals surface area contributed by atoms with E-state index in [1.807, 2.05) is 6.92 Å². The highest BCUT2D eigenvalue weighted by atomic mass is 35.5. The molecule has 0 atom stereocenters. The second-order valence-corrected chi connectivity index (χ2v) is 7.82. The predicted octanol–water partition coefficient (Wildman–Crippen LogP) is 3.20. The fourth-order valence-electron chi connectivity index (χ4n) is 2.07. The van der Waals surface area contributed by atoms with Crippen LogP contribution in [-0.4, -0.2) is 26.6 Å². The second-order valence-electron chi connectivity index (χ2n) is 5.21. The fourth-order valence-corrected chi connectivity index (χ4v) is 3.59. The van der Waals surface area contributed by atoms with E-state index < -0.39 is 22.5 Å². The summed E-state index contributed by atoms with van der Waals surface area (Å²) < 4.78 is 26.4. The third kappa shape index (κ3) is 5.54. The molecular formula is C17H17Cl2N3O3S. The zero-order valence-electron chi connectivity index (χ0n) is 13.9. The molecule has 0 bridgehead atoms. The summed E-state index contributed by atoms with van der Waals surface area (Å²) in [6, 6.07) is 12.7. The van der Waals surface area contributed by atoms with Gasteiger partial charge in [-0.15, -0.1) is 0 Å². The molecule has 6 nitrogen and oxygen atoms in total. The van der Waals surface area contributed by atoms with Crippen molar-refractivity contribution < 1.29 is 13.2 Å². The van der Waals surface area contributed by atoms with Crippen LogP contribution in [0.25, 0.3) is 0 Å². The molecular weight excluding hydrogens is 397 g/mol. The molecule has 0 fully saturated rings. The van der Waals surface area contributed by atoms with E-state index in [2.05, 4.69) is 15.2 Å². The fraction of sp³-hybridized carbons (Fsp3) is 0.176. The van der Waals surface area contributed by atoms with Crippen molar-refractivity contribution in [2.45, 2.75) is 18.2 Å². The molecule has 0 aliphatic rings. The van der Waals surface area contributed by atoms with Gasteiger partial charge in [0.15, 0.2) is 0 Å². The van der Waals surface area contributed by atoms with Crippen LogP contribution >= 0.6 is 23.2 Å². The smallest absolute Gasteiger partial charge is 0.255 e. The molecule has 1 amide bonds. The highest BCUT2D eigenvalue weighted by Crippen LogP contribution is 2.22. The number of carbonyl (C=O) groups is 1. The van der Waals surface area contributed by atoms with E-state index in [0.29, 0.717) is 27.7 Å². The molecule has 0 aliphatic heterocycles. The summed E-state index contributed by atoms with van der Waals surface area (Å²) in [5, 5.41) is 4.94. The Morgan fingerprint density at radius 2 is 1.81 bits per heavy atom. The van der Waals surface area contributed by atoms with E-state index in [9.17, 15) is 13.2 Å². The number of amides is 1. The summed E-state index contributed by atoms with van der Waals surface area (Å²) >= 11 is 12.0. The van der Waals surface area contributed by atoms with Gasteiger partial charge in [0.05, 0.1) is 22.2 Å². The first kappa shape index (κ1) is 20.4. The van der Waals surface area contributed by atoms with Crippen LogP contribution in [0, 0.1) is 0 Å². The summed E-state index contributed by atoms with van der Waals surface area (Å²) in [5.41, 5.74) is 3.52. The first-order valence-electron chi connectivity index (χ1n) is 7.69. The number of hydrazone groups is 1. The minimum Gasteiger partial charge on any atom is -0.272 e. The van der Waals surface area contributed by atoms with E-state index in [1.54, 1.807) is 36.4 Å². The van der Waals surface area contributed by atoms with Crippen molar-refractivity contribution in [3.8, 4) is 0 Å². The summed E-state index contributed by atoms with van der Waals surface area (Å²) in [6.45, 7) is 1.42. The average molecular weight is 414 g/mol. The Bertz CT molecular complexity index is 916. The van der Waals surface area contributed by atoms with Gasteiger partial charge in [0, 0.05) is 10.6 Å². The Morgan fingerprint density at radius 1 is 1.12 bits per heavy atom. The van der Waals surface area contributed by atoms with Crippen LogP contribution < -0.4 is 10.1 Å². The molecule has 0 heterocycles. The second kappa shape index (κ2) is 9.14. The van der Waals surface area contributed by atoms with Crippen LogP contribution in [0.3, 0.4) is 0 Å². The molecule has 2 rings (SSSR count). The number of carbonyl (C=O) groups excluding carboxylic acids is 1. The molecule has 26 heavy (non-hydrogen) atoms. The van der Waals surface area contributed by atoms with Crippen molar-refractivity contribution in [3.05, 3.63) is 64.1 Å². The maximum atomic E-state index is 12.1. The van der Waals surface area contributed by atoms with Gasteiger partial charge < -0.3 is 0 Å². The van der Waals surface area contributed by atoms with Gasteiger partial charge in [0.1, 0.15) is 0 Å². The number of rotatable bonds is 7. The zero-order chi connectivity index (χ0) is 19.2. The summed E-state index contributed by atoms with van der Waals surface area (Å²) in [5.74, 6) is -0.597. The molecule has 0 saturated carbocycles. The first-order chi connectivity index (χ1) is 12.3. The van der Waals surface area contributed by atoms with E-state index in [1.165, 1.54) is 12.1 Å². The third-order valence-electron chi connectivity index (χ3n) is 3.37. The maximum Gasteiger partial charge on any atom is 0.255 e. The standard InChI is InChI=1S/C17H17Cl2N3O3S/c1-2-16(14-9-8-12(18)10-15(14)19)21-22-17(23)11-20-26(24,25)13-6-4-3-5-7-13/h3-10,20H,2,11H2,1H3,(H,22,23)/b21-16-. The molecule has 2 N–H and O–H groups in total. The van der Waals surface area contributed by atoms with Crippen molar-refractivity contribution in [2.75, 3.05) is 6.54 Å². The van der Waals surface area contributed by atoms with Crippen LogP contribution in [-0.2, 0) is 14.8 Å². The van der Waals surface area contributed by atoms with Crippen molar-refractivity contribution in [1.29, 1.82) is 0 Å². The molecule has 2 aromatic rings. The van der Waals surface area contributed by atoms with E-state index >= 15 is 0 Å². The van der Waals surface area contributed by atoms with Gasteiger partial charge in [-0.25, -0.2) is 18.6 Å². The molecule has 0 radical (unpaired) electrons. The van der Waals surface area contributed by atoms with Gasteiger partial charge in [-0.3, -0.25) is 4.79 Å². The molecule has 2 aromatic carbocycles. The monoisotopic (exact) mass is 413 g/mol. The lowest BCUT2D eigenvalue weighted by atomic mass is 10.1. The lowest BCUT2D eigenvalue weighted by Gasteiger charge is -2.08. The minimum absolute atomic E-state index is 0.0819. The van der Waals surface area contributed by atoms with Crippen molar-refractivity contribution in [3.63, 3.8) is 0 Å². The lowest BCUT2D eigenvalue weighted by Crippen LogP contribution is -2.35. The number of hydrogen-bond acceptors (Lipinski definition) is 4. The minimum atomic E-state index is -3.76. The van der Waals surface area contributed by atoms with Gasteiger partial charge in [-0.2, -0.15) is 5.10 Å². The normalized spacial score (nSPS) is 12.0. The first-order valence-corrected chi connectivity index (χ1v) is 9.93. The third-order valence-corrected chi connectivity index (χ3v) is 5.33. The van der Waals surface area contributed by atoms with Crippen LogP contribution in [0.2, 0.25) is 10.0 Å². The Morgan fingerprint density at radius 3 is 2.42 bits per heavy atom. The van der Waals surface area contributed by atoms with Gasteiger partial charge >= 0.3 is 0 Å². The average Bonchev–Trinajstić information content (AvgIpc) is 2.62. The summed E-state index contributed by atoms with van der Waals surface area (Å²) in [7, 11) is -3.76. The van der Waals surface area contributed by atoms with Crippen molar-refractivity contribution >= 4 is 44.8 Å². The molecule has 0 spiro atoms. The number of halogens is 2. The molecule has 0 unspecified atom stereocenters. The molecule has 0 aromatic heterocycles. The summed E-state index contributed by atoms with van der Waals surface area (Å²) in [4.78, 5) is 12.0. The van der Waals surface area contributed by atoms with Crippen LogP contribution in [0.15, 0.2) is 58.5 Å². The molecule has 138 valence electrons. The van der Waals surface area contributed by atoms with Gasteiger partial charge in [-0.1, -0.05) is 54.4 Å². The Hall–Kier alpha value is -1.93. The van der Waals surface area contributed by atoms with Crippen LogP contribution in [0.4, 0.5) is 0 Å².